The molecule has 3 nitrogen and oxygen atoms in total. The highest BCUT2D eigenvalue weighted by atomic mass is 16.1. The highest BCUT2D eigenvalue weighted by molar-refractivity contribution is 6.05. The molecule has 0 saturated heterocycles. The number of nitrogens with zero attached hydrogens (tertiary/aromatic N) is 1. The smallest absolute Gasteiger partial charge is 0.183 e. The number of H-pyrrole nitrogens is 1. The first-order valence-corrected chi connectivity index (χ1v) is 5.29. The van der Waals surface area contributed by atoms with Gasteiger partial charge in [-0.25, -0.2) is 0 Å². The number of hydrogen-bond acceptors (Lipinski definition) is 2. The van der Waals surface area contributed by atoms with Gasteiger partial charge in [0.05, 0.1) is 5.52 Å². The van der Waals surface area contributed by atoms with Gasteiger partial charge in [-0.15, -0.1) is 0 Å². The summed E-state index contributed by atoms with van der Waals surface area (Å²) in [5, 5.41) is 7.88. The molecule has 0 atom stereocenters. The number of benzene rings is 1. The number of aromatic amines is 1. The van der Waals surface area contributed by atoms with E-state index in [9.17, 15) is 4.79 Å². The summed E-state index contributed by atoms with van der Waals surface area (Å²) >= 11 is 0. The molecule has 2 rings (SSSR count). The van der Waals surface area contributed by atoms with Crippen molar-refractivity contribution in [1.29, 1.82) is 0 Å². The predicted octanol–water partition coefficient (Wildman–Crippen LogP) is 2.94. The number of hydrogen-bond donors (Lipinski definition) is 1. The zero-order valence-electron chi connectivity index (χ0n) is 8.79. The number of carbonyl (C=O) groups is 1. The van der Waals surface area contributed by atoms with Gasteiger partial charge < -0.3 is 0 Å². The molecule has 3 heteroatoms. The third-order valence-corrected chi connectivity index (χ3v) is 2.49. The quantitative estimate of drug-likeness (QED) is 0.775. The van der Waals surface area contributed by atoms with E-state index in [1.54, 1.807) is 0 Å². The van der Waals surface area contributed by atoms with Crippen molar-refractivity contribution in [2.24, 2.45) is 0 Å². The van der Waals surface area contributed by atoms with Gasteiger partial charge in [0.1, 0.15) is 5.69 Å². The van der Waals surface area contributed by atoms with Crippen molar-refractivity contribution in [3.63, 3.8) is 0 Å². The van der Waals surface area contributed by atoms with Gasteiger partial charge in [0, 0.05) is 11.8 Å². The van der Waals surface area contributed by atoms with E-state index in [1.165, 1.54) is 0 Å². The van der Waals surface area contributed by atoms with Crippen molar-refractivity contribution >= 4 is 16.7 Å². The van der Waals surface area contributed by atoms with E-state index in [4.69, 9.17) is 0 Å². The van der Waals surface area contributed by atoms with Crippen molar-refractivity contribution in [2.45, 2.75) is 26.2 Å². The first-order chi connectivity index (χ1) is 7.33. The fourth-order valence-electron chi connectivity index (χ4n) is 1.63. The number of para-hydroxylation sites is 1. The molecule has 0 fully saturated rings. The van der Waals surface area contributed by atoms with Crippen molar-refractivity contribution < 1.29 is 4.79 Å². The van der Waals surface area contributed by atoms with E-state index in [0.29, 0.717) is 12.1 Å². The molecule has 0 aliphatic carbocycles. The van der Waals surface area contributed by atoms with Crippen LogP contribution in [0.25, 0.3) is 10.9 Å². The minimum Gasteiger partial charge on any atom is -0.292 e. The molecule has 2 aromatic rings. The van der Waals surface area contributed by atoms with Crippen LogP contribution in [0.15, 0.2) is 24.3 Å². The Kier molecular flexibility index (Phi) is 2.81. The zero-order valence-corrected chi connectivity index (χ0v) is 8.79. The number of Topliss-reactive ketones (excluding diaryl/α,β-unsaturated/α-hetero) is 1. The second-order valence-corrected chi connectivity index (χ2v) is 3.64. The van der Waals surface area contributed by atoms with Crippen LogP contribution in [0.1, 0.15) is 36.7 Å². The molecular weight excluding hydrogens is 188 g/mol. The lowest BCUT2D eigenvalue weighted by Gasteiger charge is -1.95. The number of unbranched alkanes of at least 4 members (excludes halogenated alkanes) is 1. The highest BCUT2D eigenvalue weighted by Gasteiger charge is 2.12. The lowest BCUT2D eigenvalue weighted by Crippen LogP contribution is -1.99. The van der Waals surface area contributed by atoms with Crippen LogP contribution in [-0.2, 0) is 0 Å². The second kappa shape index (κ2) is 4.26. The number of aromatic nitrogens is 2. The predicted molar refractivity (Wildman–Crippen MR) is 59.9 cm³/mol. The Labute approximate surface area is 88.5 Å². The van der Waals surface area contributed by atoms with Gasteiger partial charge in [-0.2, -0.15) is 5.10 Å². The molecule has 0 aliphatic heterocycles. The molecule has 0 bridgehead atoms. The Hall–Kier alpha value is -1.64. The molecule has 0 saturated carbocycles. The fourth-order valence-corrected chi connectivity index (χ4v) is 1.63. The van der Waals surface area contributed by atoms with Crippen LogP contribution in [-0.4, -0.2) is 16.0 Å². The largest absolute Gasteiger partial charge is 0.292 e. The van der Waals surface area contributed by atoms with E-state index in [2.05, 4.69) is 17.1 Å². The van der Waals surface area contributed by atoms with Crippen LogP contribution < -0.4 is 0 Å². The lowest BCUT2D eigenvalue weighted by molar-refractivity contribution is 0.0976. The first kappa shape index (κ1) is 9.90. The molecule has 0 unspecified atom stereocenters. The van der Waals surface area contributed by atoms with Gasteiger partial charge in [0.25, 0.3) is 0 Å². The van der Waals surface area contributed by atoms with Crippen LogP contribution in [0.3, 0.4) is 0 Å². The normalized spacial score (nSPS) is 10.7. The van der Waals surface area contributed by atoms with Gasteiger partial charge in [-0.3, -0.25) is 9.89 Å². The van der Waals surface area contributed by atoms with Crippen molar-refractivity contribution in [1.82, 2.24) is 10.2 Å². The van der Waals surface area contributed by atoms with Crippen molar-refractivity contribution in [2.75, 3.05) is 0 Å². The molecule has 15 heavy (non-hydrogen) atoms. The standard InChI is InChI=1S/C12H14N2O/c1-2-3-8-11(15)12-9-6-4-5-7-10(9)13-14-12/h4-7H,2-3,8H2,1H3,(H,13,14). The van der Waals surface area contributed by atoms with Crippen LogP contribution in [0, 0.1) is 0 Å². The van der Waals surface area contributed by atoms with Crippen molar-refractivity contribution in [3.8, 4) is 0 Å². The van der Waals surface area contributed by atoms with Gasteiger partial charge in [-0.1, -0.05) is 31.5 Å². The van der Waals surface area contributed by atoms with Gasteiger partial charge >= 0.3 is 0 Å². The minimum absolute atomic E-state index is 0.134. The Morgan fingerprint density at radius 1 is 1.40 bits per heavy atom. The molecule has 0 aliphatic rings. The maximum atomic E-state index is 11.8. The van der Waals surface area contributed by atoms with E-state index in [0.717, 1.165) is 23.7 Å². The molecule has 1 heterocycles. The fraction of sp³-hybridized carbons (Fsp3) is 0.333. The molecule has 78 valence electrons. The van der Waals surface area contributed by atoms with Crippen molar-refractivity contribution in [3.05, 3.63) is 30.0 Å². The monoisotopic (exact) mass is 202 g/mol. The van der Waals surface area contributed by atoms with Crippen LogP contribution in [0.2, 0.25) is 0 Å². The first-order valence-electron chi connectivity index (χ1n) is 5.29. The minimum atomic E-state index is 0.134. The average Bonchev–Trinajstić information content (AvgIpc) is 2.69. The van der Waals surface area contributed by atoms with E-state index in [-0.39, 0.29) is 5.78 Å². The molecular formula is C12H14N2O. The highest BCUT2D eigenvalue weighted by Crippen LogP contribution is 2.17. The Balaban J connectivity index is 2.31. The summed E-state index contributed by atoms with van der Waals surface area (Å²) in [5.41, 5.74) is 1.51. The molecule has 0 radical (unpaired) electrons. The van der Waals surface area contributed by atoms with Gasteiger partial charge in [0.15, 0.2) is 5.78 Å². The second-order valence-electron chi connectivity index (χ2n) is 3.64. The summed E-state index contributed by atoms with van der Waals surface area (Å²) in [6.45, 7) is 2.08. The number of nitrogens with one attached hydrogen (secondary N) is 1. The maximum absolute atomic E-state index is 11.8. The molecule has 0 amide bonds. The van der Waals surface area contributed by atoms with Crippen LogP contribution in [0.5, 0.6) is 0 Å². The molecule has 0 spiro atoms. The average molecular weight is 202 g/mol. The van der Waals surface area contributed by atoms with Crippen LogP contribution in [0.4, 0.5) is 0 Å². The summed E-state index contributed by atoms with van der Waals surface area (Å²) in [6, 6.07) is 7.71. The summed E-state index contributed by atoms with van der Waals surface area (Å²) in [4.78, 5) is 11.8. The lowest BCUT2D eigenvalue weighted by atomic mass is 10.1. The molecule has 1 aromatic carbocycles. The third kappa shape index (κ3) is 1.91. The summed E-state index contributed by atoms with van der Waals surface area (Å²) in [5.74, 6) is 0.134. The summed E-state index contributed by atoms with van der Waals surface area (Å²) in [7, 11) is 0. The van der Waals surface area contributed by atoms with E-state index >= 15 is 0 Å². The number of carbonyl (C=O) groups excluding carboxylic acids is 1. The van der Waals surface area contributed by atoms with Crippen LogP contribution >= 0.6 is 0 Å². The van der Waals surface area contributed by atoms with Gasteiger partial charge in [0.2, 0.25) is 0 Å². The third-order valence-electron chi connectivity index (χ3n) is 2.49. The Morgan fingerprint density at radius 2 is 2.20 bits per heavy atom. The van der Waals surface area contributed by atoms with Gasteiger partial charge in [-0.05, 0) is 12.5 Å². The number of fused-ring (bicyclic) bond motifs is 1. The molecule has 1 N–H and O–H groups in total. The van der Waals surface area contributed by atoms with E-state index < -0.39 is 0 Å². The Bertz CT molecular complexity index is 473. The summed E-state index contributed by atoms with van der Waals surface area (Å²) < 4.78 is 0. The summed E-state index contributed by atoms with van der Waals surface area (Å²) in [6.07, 6.45) is 2.56. The zero-order chi connectivity index (χ0) is 10.7. The molecule has 1 aromatic heterocycles. The number of rotatable bonds is 4. The topological polar surface area (TPSA) is 45.8 Å². The SMILES string of the molecule is CCCCC(=O)c1n[nH]c2ccccc12. The maximum Gasteiger partial charge on any atom is 0.183 e. The van der Waals surface area contributed by atoms with E-state index in [1.807, 2.05) is 24.3 Å². The Morgan fingerprint density at radius 3 is 3.00 bits per heavy atom. The number of ketones is 1.